The zero-order valence-corrected chi connectivity index (χ0v) is 18.9. The summed E-state index contributed by atoms with van der Waals surface area (Å²) in [6, 6.07) is 6.20. The second-order valence-corrected chi connectivity index (χ2v) is 8.47. The van der Waals surface area contributed by atoms with Crippen molar-refractivity contribution in [1.82, 2.24) is 29.4 Å². The Balaban J connectivity index is 1.47. The Hall–Kier alpha value is -3.46. The number of nitrogens with one attached hydrogen (secondary N) is 1. The van der Waals surface area contributed by atoms with E-state index < -0.39 is 0 Å². The molecule has 166 valence electrons. The number of hydrogen-bond acceptors (Lipinski definition) is 8. The molecule has 0 atom stereocenters. The maximum Gasteiger partial charge on any atom is 0.228 e. The van der Waals surface area contributed by atoms with E-state index in [2.05, 4.69) is 55.5 Å². The molecule has 3 aromatic heterocycles. The molecule has 4 heterocycles. The van der Waals surface area contributed by atoms with Crippen LogP contribution in [-0.4, -0.2) is 69.7 Å². The van der Waals surface area contributed by atoms with E-state index in [1.54, 1.807) is 7.11 Å². The fourth-order valence-electron chi connectivity index (χ4n) is 4.13. The molecule has 9 heteroatoms. The van der Waals surface area contributed by atoms with E-state index in [1.165, 1.54) is 0 Å². The van der Waals surface area contributed by atoms with Gasteiger partial charge < -0.3 is 24.4 Å². The molecule has 0 unspecified atom stereocenters. The predicted molar refractivity (Wildman–Crippen MR) is 127 cm³/mol. The van der Waals surface area contributed by atoms with Gasteiger partial charge in [-0.3, -0.25) is 0 Å². The summed E-state index contributed by atoms with van der Waals surface area (Å²) >= 11 is 0. The molecule has 0 radical (unpaired) electrons. The third kappa shape index (κ3) is 3.69. The van der Waals surface area contributed by atoms with Crippen LogP contribution in [0, 0.1) is 0 Å². The molecule has 5 rings (SSSR count). The Morgan fingerprint density at radius 3 is 2.59 bits per heavy atom. The summed E-state index contributed by atoms with van der Waals surface area (Å²) in [6.45, 7) is 8.23. The van der Waals surface area contributed by atoms with Crippen LogP contribution in [0.3, 0.4) is 0 Å². The highest BCUT2D eigenvalue weighted by Crippen LogP contribution is 2.31. The van der Waals surface area contributed by atoms with Crippen LogP contribution in [-0.2, 0) is 0 Å². The van der Waals surface area contributed by atoms with Gasteiger partial charge in [-0.1, -0.05) is 0 Å². The number of piperazine rings is 1. The van der Waals surface area contributed by atoms with Crippen molar-refractivity contribution >= 4 is 39.4 Å². The van der Waals surface area contributed by atoms with Crippen molar-refractivity contribution < 1.29 is 4.74 Å². The van der Waals surface area contributed by atoms with Gasteiger partial charge in [0.2, 0.25) is 5.95 Å². The van der Waals surface area contributed by atoms with Crippen LogP contribution in [0.5, 0.6) is 5.75 Å². The lowest BCUT2D eigenvalue weighted by Crippen LogP contribution is -2.44. The van der Waals surface area contributed by atoms with Crippen LogP contribution in [0.25, 0.3) is 21.9 Å². The van der Waals surface area contributed by atoms with Crippen LogP contribution < -0.4 is 15.0 Å². The van der Waals surface area contributed by atoms with E-state index in [-0.39, 0.29) is 6.04 Å². The second kappa shape index (κ2) is 8.23. The molecular formula is C23H28N8O. The highest BCUT2D eigenvalue weighted by molar-refractivity contribution is 6.02. The van der Waals surface area contributed by atoms with E-state index in [0.29, 0.717) is 11.8 Å². The predicted octanol–water partition coefficient (Wildman–Crippen LogP) is 3.46. The van der Waals surface area contributed by atoms with Gasteiger partial charge in [-0.2, -0.15) is 0 Å². The monoisotopic (exact) mass is 432 g/mol. The number of benzene rings is 1. The lowest BCUT2D eigenvalue weighted by molar-refractivity contribution is 0.311. The molecule has 0 saturated carbocycles. The number of fused-ring (bicyclic) bond motifs is 3. The standard InChI is InChI=1S/C23H28N8O/c1-15(2)31-14-26-17-6-5-16-12-25-23(28-21(16)22(17)31)27-20-11-19(32-4)18(13-24-20)30-9-7-29(3)8-10-30/h5-6,11-15H,7-10H2,1-4H3,(H,24,25,27,28). The van der Waals surface area contributed by atoms with E-state index in [0.717, 1.165) is 59.6 Å². The van der Waals surface area contributed by atoms with Gasteiger partial charge in [-0.05, 0) is 33.0 Å². The minimum absolute atomic E-state index is 0.282. The Kier molecular flexibility index (Phi) is 5.26. The first-order valence-electron chi connectivity index (χ1n) is 10.9. The molecular weight excluding hydrogens is 404 g/mol. The first kappa shape index (κ1) is 20.4. The minimum atomic E-state index is 0.282. The molecule has 0 aliphatic carbocycles. The van der Waals surface area contributed by atoms with Gasteiger partial charge in [0.25, 0.3) is 0 Å². The van der Waals surface area contributed by atoms with Crippen molar-refractivity contribution in [3.8, 4) is 5.75 Å². The Morgan fingerprint density at radius 1 is 1.03 bits per heavy atom. The quantitative estimate of drug-likeness (QED) is 0.513. The number of rotatable bonds is 5. The van der Waals surface area contributed by atoms with Gasteiger partial charge in [0.1, 0.15) is 17.1 Å². The molecule has 1 N–H and O–H groups in total. The number of likely N-dealkylation sites (N-methyl/N-ethyl adjacent to an activating group) is 1. The van der Waals surface area contributed by atoms with Crippen molar-refractivity contribution in [3.05, 3.63) is 36.9 Å². The van der Waals surface area contributed by atoms with Crippen LogP contribution in [0.2, 0.25) is 0 Å². The first-order valence-corrected chi connectivity index (χ1v) is 10.9. The van der Waals surface area contributed by atoms with Gasteiger partial charge in [0, 0.05) is 49.9 Å². The largest absolute Gasteiger partial charge is 0.494 e. The lowest BCUT2D eigenvalue weighted by Gasteiger charge is -2.34. The summed E-state index contributed by atoms with van der Waals surface area (Å²) in [5, 5.41) is 4.22. The average molecular weight is 433 g/mol. The molecule has 4 aromatic rings. The number of nitrogens with zero attached hydrogens (tertiary/aromatic N) is 7. The third-order valence-electron chi connectivity index (χ3n) is 5.99. The number of methoxy groups -OCH3 is 1. The number of ether oxygens (including phenoxy) is 1. The van der Waals surface area contributed by atoms with E-state index in [4.69, 9.17) is 9.72 Å². The van der Waals surface area contributed by atoms with Crippen molar-refractivity contribution in [2.45, 2.75) is 19.9 Å². The van der Waals surface area contributed by atoms with Crippen molar-refractivity contribution in [2.75, 3.05) is 50.6 Å². The molecule has 1 aromatic carbocycles. The topological polar surface area (TPSA) is 84.2 Å². The van der Waals surface area contributed by atoms with Gasteiger partial charge in [-0.15, -0.1) is 0 Å². The number of pyridine rings is 1. The Bertz CT molecular complexity index is 1260. The Morgan fingerprint density at radius 2 is 1.84 bits per heavy atom. The summed E-state index contributed by atoms with van der Waals surface area (Å²) < 4.78 is 7.82. The maximum atomic E-state index is 5.68. The summed E-state index contributed by atoms with van der Waals surface area (Å²) in [5.41, 5.74) is 3.81. The van der Waals surface area contributed by atoms with E-state index in [9.17, 15) is 0 Å². The third-order valence-corrected chi connectivity index (χ3v) is 5.99. The van der Waals surface area contributed by atoms with Gasteiger partial charge in [-0.25, -0.2) is 19.9 Å². The molecule has 1 saturated heterocycles. The summed E-state index contributed by atoms with van der Waals surface area (Å²) in [4.78, 5) is 23.1. The van der Waals surface area contributed by atoms with Crippen molar-refractivity contribution in [3.63, 3.8) is 0 Å². The SMILES string of the molecule is COc1cc(Nc2ncc3ccc4ncn(C(C)C)c4c3n2)ncc1N1CCN(C)CC1. The Labute approximate surface area is 187 Å². The normalized spacial score (nSPS) is 15.1. The maximum absolute atomic E-state index is 5.68. The summed E-state index contributed by atoms with van der Waals surface area (Å²) in [6.07, 6.45) is 5.56. The molecule has 32 heavy (non-hydrogen) atoms. The molecule has 0 bridgehead atoms. The van der Waals surface area contributed by atoms with E-state index >= 15 is 0 Å². The zero-order chi connectivity index (χ0) is 22.2. The summed E-state index contributed by atoms with van der Waals surface area (Å²) in [7, 11) is 3.83. The van der Waals surface area contributed by atoms with Crippen molar-refractivity contribution in [2.24, 2.45) is 0 Å². The van der Waals surface area contributed by atoms with Crippen LogP contribution >= 0.6 is 0 Å². The van der Waals surface area contributed by atoms with Crippen molar-refractivity contribution in [1.29, 1.82) is 0 Å². The second-order valence-electron chi connectivity index (χ2n) is 8.47. The lowest BCUT2D eigenvalue weighted by atomic mass is 10.2. The minimum Gasteiger partial charge on any atom is -0.494 e. The molecule has 1 fully saturated rings. The number of hydrogen-bond donors (Lipinski definition) is 1. The molecule has 0 amide bonds. The van der Waals surface area contributed by atoms with Gasteiger partial charge in [0.05, 0.1) is 36.4 Å². The highest BCUT2D eigenvalue weighted by atomic mass is 16.5. The van der Waals surface area contributed by atoms with Crippen LogP contribution in [0.15, 0.2) is 36.9 Å². The molecule has 0 spiro atoms. The molecule has 1 aliphatic rings. The van der Waals surface area contributed by atoms with Crippen LogP contribution in [0.4, 0.5) is 17.5 Å². The average Bonchev–Trinajstić information content (AvgIpc) is 3.25. The van der Waals surface area contributed by atoms with Gasteiger partial charge >= 0.3 is 0 Å². The summed E-state index contributed by atoms with van der Waals surface area (Å²) in [5.74, 6) is 1.92. The fourth-order valence-corrected chi connectivity index (χ4v) is 4.13. The smallest absolute Gasteiger partial charge is 0.228 e. The molecule has 9 nitrogen and oxygen atoms in total. The fraction of sp³-hybridized carbons (Fsp3) is 0.391. The number of aromatic nitrogens is 5. The van der Waals surface area contributed by atoms with Gasteiger partial charge in [0.15, 0.2) is 0 Å². The molecule has 1 aliphatic heterocycles. The zero-order valence-electron chi connectivity index (χ0n) is 18.9. The first-order chi connectivity index (χ1) is 15.5. The van der Waals surface area contributed by atoms with Crippen LogP contribution in [0.1, 0.15) is 19.9 Å². The highest BCUT2D eigenvalue weighted by Gasteiger charge is 2.19. The van der Waals surface area contributed by atoms with E-state index in [1.807, 2.05) is 36.9 Å². The number of anilines is 3. The number of imidazole rings is 1.